The molecule has 95 valence electrons. The van der Waals surface area contributed by atoms with Crippen molar-refractivity contribution in [3.63, 3.8) is 0 Å². The third-order valence-electron chi connectivity index (χ3n) is 1.98. The minimum absolute atomic E-state index is 0. The zero-order valence-electron chi connectivity index (χ0n) is 9.20. The summed E-state index contributed by atoms with van der Waals surface area (Å²) in [5.74, 6) is 1.46. The molecule has 0 saturated heterocycles. The van der Waals surface area contributed by atoms with Crippen molar-refractivity contribution < 1.29 is 27.2 Å². The van der Waals surface area contributed by atoms with E-state index in [1.165, 1.54) is 11.3 Å². The Balaban J connectivity index is 0.00000144. The van der Waals surface area contributed by atoms with Gasteiger partial charge in [0.1, 0.15) is 0 Å². The quantitative estimate of drug-likeness (QED) is 0.853. The van der Waals surface area contributed by atoms with Gasteiger partial charge in [0.25, 0.3) is 0 Å². The molecule has 0 aliphatic heterocycles. The van der Waals surface area contributed by atoms with E-state index in [9.17, 15) is 4.79 Å². The van der Waals surface area contributed by atoms with E-state index < -0.39 is 0 Å². The molecule has 1 N–H and O–H groups in total. The monoisotopic (exact) mass is 359 g/mol. The van der Waals surface area contributed by atoms with Gasteiger partial charge >= 0.3 is 0 Å². The zero-order chi connectivity index (χ0) is 11.4. The van der Waals surface area contributed by atoms with E-state index in [1.807, 2.05) is 31.2 Å². The Morgan fingerprint density at radius 1 is 1.47 bits per heavy atom. The topological polar surface area (TPSA) is 42.0 Å². The van der Waals surface area contributed by atoms with Gasteiger partial charge in [-0.25, -0.2) is 4.98 Å². The Morgan fingerprint density at radius 2 is 2.24 bits per heavy atom. The average Bonchev–Trinajstić information content (AvgIpc) is 2.68. The predicted molar refractivity (Wildman–Crippen MR) is 71.2 cm³/mol. The van der Waals surface area contributed by atoms with Crippen LogP contribution in [0.4, 0.5) is 5.13 Å². The smallest absolute Gasteiger partial charge is 0.236 e. The number of nitrogens with zero attached hydrogens (tertiary/aromatic N) is 1. The number of anilines is 1. The van der Waals surface area contributed by atoms with Crippen molar-refractivity contribution in [2.75, 3.05) is 16.8 Å². The van der Waals surface area contributed by atoms with E-state index in [0.29, 0.717) is 10.9 Å². The van der Waals surface area contributed by atoms with Crippen molar-refractivity contribution >= 4 is 44.4 Å². The van der Waals surface area contributed by atoms with Gasteiger partial charge in [0.05, 0.1) is 16.0 Å². The maximum absolute atomic E-state index is 11.5. The molecule has 3 nitrogen and oxygen atoms in total. The van der Waals surface area contributed by atoms with Crippen LogP contribution in [-0.2, 0) is 27.2 Å². The summed E-state index contributed by atoms with van der Waals surface area (Å²) in [4.78, 5) is 15.8. The summed E-state index contributed by atoms with van der Waals surface area (Å²) in [7, 11) is 0. The van der Waals surface area contributed by atoms with Gasteiger partial charge in [0.15, 0.2) is 5.13 Å². The fourth-order valence-electron chi connectivity index (χ4n) is 1.28. The van der Waals surface area contributed by atoms with Crippen molar-refractivity contribution in [1.29, 1.82) is 0 Å². The van der Waals surface area contributed by atoms with Crippen LogP contribution >= 0.6 is 23.1 Å². The normalized spacial score (nSPS) is 9.94. The van der Waals surface area contributed by atoms with Crippen molar-refractivity contribution in [2.24, 2.45) is 0 Å². The molecule has 0 spiro atoms. The van der Waals surface area contributed by atoms with Crippen LogP contribution in [0.5, 0.6) is 0 Å². The van der Waals surface area contributed by atoms with Gasteiger partial charge in [-0.2, -0.15) is 11.8 Å². The molecular formula is C11H12AgN2OS2. The number of carbonyl (C=O) groups excluding carboxylic acids is 1. The van der Waals surface area contributed by atoms with Gasteiger partial charge in [0.2, 0.25) is 5.91 Å². The van der Waals surface area contributed by atoms with E-state index in [4.69, 9.17) is 0 Å². The maximum Gasteiger partial charge on any atom is 0.236 e. The van der Waals surface area contributed by atoms with Gasteiger partial charge in [-0.15, -0.1) is 0 Å². The summed E-state index contributed by atoms with van der Waals surface area (Å²) in [6.07, 6.45) is 0. The number of hydrogen-bond acceptors (Lipinski definition) is 4. The van der Waals surface area contributed by atoms with Crippen LogP contribution in [0.15, 0.2) is 24.3 Å². The Kier molecular flexibility index (Phi) is 6.22. The van der Waals surface area contributed by atoms with Gasteiger partial charge < -0.3 is 5.32 Å². The third-order valence-corrected chi connectivity index (χ3v) is 3.80. The second-order valence-electron chi connectivity index (χ2n) is 3.17. The molecule has 0 fully saturated rings. The molecule has 0 aliphatic carbocycles. The van der Waals surface area contributed by atoms with Crippen LogP contribution in [0.3, 0.4) is 0 Å². The fraction of sp³-hybridized carbons (Fsp3) is 0.273. The number of carbonyl (C=O) groups is 1. The van der Waals surface area contributed by atoms with Crippen molar-refractivity contribution in [2.45, 2.75) is 6.92 Å². The Hall–Kier alpha value is -0.330. The molecule has 1 amide bonds. The first-order valence-electron chi connectivity index (χ1n) is 5.02. The molecule has 2 aromatic rings. The van der Waals surface area contributed by atoms with Crippen LogP contribution in [0.1, 0.15) is 6.92 Å². The van der Waals surface area contributed by atoms with Crippen molar-refractivity contribution in [3.05, 3.63) is 24.3 Å². The molecule has 6 heteroatoms. The molecule has 0 bridgehead atoms. The minimum atomic E-state index is 0. The molecule has 1 aromatic carbocycles. The first-order chi connectivity index (χ1) is 7.79. The van der Waals surface area contributed by atoms with Gasteiger partial charge in [-0.3, -0.25) is 4.79 Å². The third kappa shape index (κ3) is 4.12. The van der Waals surface area contributed by atoms with Gasteiger partial charge in [0, 0.05) is 22.4 Å². The summed E-state index contributed by atoms with van der Waals surface area (Å²) < 4.78 is 1.10. The molecule has 1 aromatic heterocycles. The van der Waals surface area contributed by atoms with Crippen LogP contribution in [-0.4, -0.2) is 22.4 Å². The molecule has 1 radical (unpaired) electrons. The number of aromatic nitrogens is 1. The van der Waals surface area contributed by atoms with E-state index in [1.54, 1.807) is 11.8 Å². The van der Waals surface area contributed by atoms with Crippen LogP contribution in [0.25, 0.3) is 10.2 Å². The minimum Gasteiger partial charge on any atom is -0.301 e. The Bertz CT molecular complexity index is 468. The van der Waals surface area contributed by atoms with E-state index in [0.717, 1.165) is 16.0 Å². The summed E-state index contributed by atoms with van der Waals surface area (Å²) >= 11 is 3.11. The number of fused-ring (bicyclic) bond motifs is 1. The number of amides is 1. The van der Waals surface area contributed by atoms with Crippen LogP contribution in [0, 0.1) is 0 Å². The molecule has 1 heterocycles. The summed E-state index contributed by atoms with van der Waals surface area (Å²) in [5, 5.41) is 3.50. The zero-order valence-corrected chi connectivity index (χ0v) is 12.3. The first-order valence-corrected chi connectivity index (χ1v) is 7.00. The van der Waals surface area contributed by atoms with Crippen molar-refractivity contribution in [3.8, 4) is 0 Å². The number of para-hydroxylation sites is 1. The SMILES string of the molecule is CCSCC(=O)Nc1nc2ccccc2s1.[Ag]. The molecule has 0 unspecified atom stereocenters. The second-order valence-corrected chi connectivity index (χ2v) is 5.48. The van der Waals surface area contributed by atoms with E-state index >= 15 is 0 Å². The number of thioether (sulfide) groups is 1. The number of hydrogen-bond donors (Lipinski definition) is 1. The predicted octanol–water partition coefficient (Wildman–Crippen LogP) is 2.99. The molecule has 17 heavy (non-hydrogen) atoms. The van der Waals surface area contributed by atoms with Gasteiger partial charge in [-0.05, 0) is 17.9 Å². The number of rotatable bonds is 4. The van der Waals surface area contributed by atoms with Crippen molar-refractivity contribution in [1.82, 2.24) is 4.98 Å². The summed E-state index contributed by atoms with van der Waals surface area (Å²) in [6, 6.07) is 7.87. The Labute approximate surface area is 124 Å². The van der Waals surface area contributed by atoms with Crippen LogP contribution in [0.2, 0.25) is 0 Å². The molecule has 0 saturated carbocycles. The Morgan fingerprint density at radius 3 is 2.94 bits per heavy atom. The van der Waals surface area contributed by atoms with Gasteiger partial charge in [-0.1, -0.05) is 30.4 Å². The van der Waals surface area contributed by atoms with E-state index in [-0.39, 0.29) is 28.3 Å². The fourth-order valence-corrected chi connectivity index (χ4v) is 2.62. The molecule has 2 rings (SSSR count). The second kappa shape index (κ2) is 7.18. The van der Waals surface area contributed by atoms with Crippen LogP contribution < -0.4 is 5.32 Å². The maximum atomic E-state index is 11.5. The molecule has 0 atom stereocenters. The summed E-state index contributed by atoms with van der Waals surface area (Å²) in [6.45, 7) is 2.04. The number of benzene rings is 1. The standard InChI is InChI=1S/C11H12N2OS2.Ag/c1-2-15-7-10(14)13-11-12-8-5-3-4-6-9(8)16-11;/h3-6H,2,7H2,1H3,(H,12,13,14);. The largest absolute Gasteiger partial charge is 0.301 e. The summed E-state index contributed by atoms with van der Waals surface area (Å²) in [5.41, 5.74) is 0.936. The van der Waals surface area contributed by atoms with E-state index in [2.05, 4.69) is 10.3 Å². The molecular weight excluding hydrogens is 348 g/mol. The molecule has 0 aliphatic rings. The number of thiazole rings is 1. The number of nitrogens with one attached hydrogen (secondary N) is 1. The first kappa shape index (κ1) is 14.7. The average molecular weight is 360 g/mol.